The number of rotatable bonds is 9. The maximum Gasteiger partial charge on any atom is 0.212 e. The second kappa shape index (κ2) is 10.8. The Balaban J connectivity index is 0.979. The lowest BCUT2D eigenvalue weighted by Crippen LogP contribution is -2.53. The third-order valence-electron chi connectivity index (χ3n) is 9.94. The number of aromatic nitrogens is 4. The van der Waals surface area contributed by atoms with Crippen LogP contribution in [0.5, 0.6) is 11.6 Å². The van der Waals surface area contributed by atoms with E-state index >= 15 is 0 Å². The maximum atomic E-state index is 9.78. The number of ether oxygens (including phenoxy) is 3. The van der Waals surface area contributed by atoms with Crippen LogP contribution < -0.4 is 14.4 Å². The molecule has 8 rings (SSSR count). The first-order valence-electron chi connectivity index (χ1n) is 15.3. The van der Waals surface area contributed by atoms with E-state index in [4.69, 9.17) is 19.2 Å². The van der Waals surface area contributed by atoms with Crippen LogP contribution in [0.2, 0.25) is 0 Å². The van der Waals surface area contributed by atoms with Gasteiger partial charge in [-0.05, 0) is 60.8 Å². The van der Waals surface area contributed by atoms with Crippen molar-refractivity contribution in [2.75, 3.05) is 44.9 Å². The highest BCUT2D eigenvalue weighted by Gasteiger charge is 2.53. The van der Waals surface area contributed by atoms with Crippen LogP contribution in [-0.4, -0.2) is 76.6 Å². The van der Waals surface area contributed by atoms with Gasteiger partial charge < -0.3 is 19.1 Å². The van der Waals surface area contributed by atoms with Crippen molar-refractivity contribution in [1.82, 2.24) is 24.5 Å². The van der Waals surface area contributed by atoms with Crippen LogP contribution in [-0.2, 0) is 11.3 Å². The Morgan fingerprint density at radius 3 is 2.56 bits per heavy atom. The van der Waals surface area contributed by atoms with Crippen LogP contribution >= 0.6 is 0 Å². The molecule has 10 heteroatoms. The van der Waals surface area contributed by atoms with Gasteiger partial charge in [0.15, 0.2) is 0 Å². The van der Waals surface area contributed by atoms with Crippen LogP contribution in [0.3, 0.4) is 0 Å². The van der Waals surface area contributed by atoms with Crippen molar-refractivity contribution >= 4 is 11.3 Å². The Hall–Kier alpha value is -4.20. The maximum absolute atomic E-state index is 9.78. The first-order valence-corrected chi connectivity index (χ1v) is 15.3. The van der Waals surface area contributed by atoms with Crippen LogP contribution in [0, 0.1) is 29.1 Å². The molecule has 3 aliphatic heterocycles. The zero-order valence-electron chi connectivity index (χ0n) is 24.3. The van der Waals surface area contributed by atoms with Gasteiger partial charge in [0, 0.05) is 61.3 Å². The SMILES string of the molecule is COc1ccc(CN2C3CCC2CN(c2ccc(-c4cc(OCCC5C6COCC56)cn5ncc(C#N)c45)cn2)C3)cn1. The summed E-state index contributed by atoms with van der Waals surface area (Å²) in [5.74, 6) is 4.55. The van der Waals surface area contributed by atoms with Gasteiger partial charge in [0.1, 0.15) is 17.6 Å². The van der Waals surface area contributed by atoms with E-state index in [0.29, 0.717) is 30.1 Å². The molecule has 1 aliphatic carbocycles. The second-order valence-corrected chi connectivity index (χ2v) is 12.3. The van der Waals surface area contributed by atoms with Gasteiger partial charge in [-0.15, -0.1) is 0 Å². The number of hydrogen-bond donors (Lipinski definition) is 0. The molecular weight excluding hydrogens is 542 g/mol. The number of pyridine rings is 3. The molecule has 0 aromatic carbocycles. The summed E-state index contributed by atoms with van der Waals surface area (Å²) in [6.07, 6.45) is 10.8. The molecule has 43 heavy (non-hydrogen) atoms. The lowest BCUT2D eigenvalue weighted by atomic mass is 10.0. The van der Waals surface area contributed by atoms with Crippen molar-refractivity contribution in [1.29, 1.82) is 5.26 Å². The molecule has 2 bridgehead atoms. The van der Waals surface area contributed by atoms with Crippen molar-refractivity contribution in [3.8, 4) is 28.8 Å². The van der Waals surface area contributed by atoms with Crippen molar-refractivity contribution in [2.24, 2.45) is 17.8 Å². The normalized spacial score (nSPS) is 26.0. The average Bonchev–Trinajstić information content (AvgIpc) is 3.35. The molecule has 0 amide bonds. The predicted molar refractivity (Wildman–Crippen MR) is 160 cm³/mol. The number of anilines is 1. The molecule has 4 atom stereocenters. The van der Waals surface area contributed by atoms with Gasteiger partial charge >= 0.3 is 0 Å². The molecule has 4 aliphatic rings. The fraction of sp³-hybridized carbons (Fsp3) is 0.455. The van der Waals surface area contributed by atoms with Gasteiger partial charge in [-0.1, -0.05) is 6.07 Å². The molecule has 0 N–H and O–H groups in total. The molecule has 7 heterocycles. The van der Waals surface area contributed by atoms with Gasteiger partial charge in [-0.3, -0.25) is 4.90 Å². The summed E-state index contributed by atoms with van der Waals surface area (Å²) < 4.78 is 18.7. The smallest absolute Gasteiger partial charge is 0.212 e. The van der Waals surface area contributed by atoms with E-state index in [0.717, 1.165) is 85.2 Å². The third kappa shape index (κ3) is 4.86. The predicted octanol–water partition coefficient (Wildman–Crippen LogP) is 4.19. The van der Waals surface area contributed by atoms with Gasteiger partial charge in [0.2, 0.25) is 5.88 Å². The lowest BCUT2D eigenvalue weighted by molar-refractivity contribution is 0.145. The van der Waals surface area contributed by atoms with Crippen LogP contribution in [0.4, 0.5) is 5.82 Å². The second-order valence-electron chi connectivity index (χ2n) is 12.3. The Bertz CT molecular complexity index is 1640. The third-order valence-corrected chi connectivity index (χ3v) is 9.94. The summed E-state index contributed by atoms with van der Waals surface area (Å²) in [5.41, 5.74) is 4.38. The quantitative estimate of drug-likeness (QED) is 0.290. The molecule has 220 valence electrons. The number of nitrogens with zero attached hydrogens (tertiary/aromatic N) is 7. The van der Waals surface area contributed by atoms with Crippen LogP contribution in [0.1, 0.15) is 30.4 Å². The van der Waals surface area contributed by atoms with Crippen molar-refractivity contribution in [3.63, 3.8) is 0 Å². The van der Waals surface area contributed by atoms with E-state index in [1.807, 2.05) is 30.7 Å². The number of fused-ring (bicyclic) bond motifs is 4. The molecule has 4 unspecified atom stereocenters. The van der Waals surface area contributed by atoms with Gasteiger partial charge in [-0.2, -0.15) is 10.4 Å². The standard InChI is InChI=1S/C33H35N7O3/c1-41-32-7-2-21(12-36-32)15-39-24-4-5-25(39)17-38(16-24)31-6-3-22(13-35-31)28-10-26(18-40-33(28)23(11-34)14-37-40)43-9-8-27-29-19-42-20-30(27)29/h2-3,6-7,10,12-14,18,24-25,27,29-30H,4-5,8-9,15-17,19-20H2,1H3. The Kier molecular flexibility index (Phi) is 6.65. The zero-order valence-corrected chi connectivity index (χ0v) is 24.3. The summed E-state index contributed by atoms with van der Waals surface area (Å²) in [7, 11) is 1.65. The Labute approximate surface area is 250 Å². The highest BCUT2D eigenvalue weighted by Crippen LogP contribution is 2.52. The number of hydrogen-bond acceptors (Lipinski definition) is 9. The van der Waals surface area contributed by atoms with Gasteiger partial charge in [0.25, 0.3) is 0 Å². The number of nitriles is 1. The minimum absolute atomic E-state index is 0.489. The first kappa shape index (κ1) is 26.4. The van der Waals surface area contributed by atoms with Crippen LogP contribution in [0.25, 0.3) is 16.6 Å². The fourth-order valence-corrected chi connectivity index (χ4v) is 7.58. The summed E-state index contributed by atoms with van der Waals surface area (Å²) in [5, 5.41) is 14.2. The van der Waals surface area contributed by atoms with E-state index < -0.39 is 0 Å². The molecule has 10 nitrogen and oxygen atoms in total. The average molecular weight is 578 g/mol. The summed E-state index contributed by atoms with van der Waals surface area (Å²) in [6.45, 7) is 5.28. The van der Waals surface area contributed by atoms with E-state index in [9.17, 15) is 5.26 Å². The summed E-state index contributed by atoms with van der Waals surface area (Å²) in [4.78, 5) is 14.4. The summed E-state index contributed by atoms with van der Waals surface area (Å²) in [6, 6.07) is 13.6. The molecule has 3 saturated heterocycles. The highest BCUT2D eigenvalue weighted by atomic mass is 16.5. The van der Waals surface area contributed by atoms with Gasteiger partial charge in [-0.25, -0.2) is 14.5 Å². The highest BCUT2D eigenvalue weighted by molar-refractivity contribution is 5.85. The first-order chi connectivity index (χ1) is 21.2. The molecular formula is C33H35N7O3. The van der Waals surface area contributed by atoms with E-state index in [2.05, 4.69) is 44.2 Å². The van der Waals surface area contributed by atoms with Crippen LogP contribution in [0.15, 0.2) is 55.1 Å². The van der Waals surface area contributed by atoms with E-state index in [1.54, 1.807) is 17.8 Å². The van der Waals surface area contributed by atoms with E-state index in [1.165, 1.54) is 18.4 Å². The molecule has 4 aromatic heterocycles. The molecule has 0 radical (unpaired) electrons. The molecule has 4 fully saturated rings. The minimum Gasteiger partial charge on any atom is -0.492 e. The molecule has 4 aromatic rings. The van der Waals surface area contributed by atoms with Crippen molar-refractivity contribution in [3.05, 3.63) is 66.2 Å². The lowest BCUT2D eigenvalue weighted by Gasteiger charge is -2.41. The largest absolute Gasteiger partial charge is 0.492 e. The summed E-state index contributed by atoms with van der Waals surface area (Å²) >= 11 is 0. The number of piperazine rings is 1. The molecule has 0 spiro atoms. The molecule has 1 saturated carbocycles. The minimum atomic E-state index is 0.489. The Morgan fingerprint density at radius 1 is 1.02 bits per heavy atom. The number of methoxy groups -OCH3 is 1. The monoisotopic (exact) mass is 577 g/mol. The Morgan fingerprint density at radius 2 is 1.86 bits per heavy atom. The van der Waals surface area contributed by atoms with Crippen molar-refractivity contribution < 1.29 is 14.2 Å². The zero-order chi connectivity index (χ0) is 28.9. The topological polar surface area (TPSA) is 101 Å². The van der Waals surface area contributed by atoms with E-state index in [-0.39, 0.29) is 0 Å². The van der Waals surface area contributed by atoms with Gasteiger partial charge in [0.05, 0.1) is 50.4 Å². The van der Waals surface area contributed by atoms with Crippen molar-refractivity contribution in [2.45, 2.75) is 37.9 Å². The fourth-order valence-electron chi connectivity index (χ4n) is 7.58.